The second-order valence-corrected chi connectivity index (χ2v) is 11.5. The zero-order chi connectivity index (χ0) is 29.4. The van der Waals surface area contributed by atoms with E-state index >= 15 is 0 Å². The summed E-state index contributed by atoms with van der Waals surface area (Å²) in [5.74, 6) is 0.913. The van der Waals surface area contributed by atoms with Gasteiger partial charge in [0, 0.05) is 49.9 Å². The molecule has 0 spiro atoms. The molecular weight excluding hydrogens is 520 g/mol. The van der Waals surface area contributed by atoms with E-state index in [1.165, 1.54) is 0 Å². The highest BCUT2D eigenvalue weighted by molar-refractivity contribution is 5.85. The van der Waals surface area contributed by atoms with Crippen molar-refractivity contribution in [1.29, 1.82) is 5.26 Å². The number of fused-ring (bicyclic) bond motifs is 1. The Morgan fingerprint density at radius 3 is 2.37 bits per heavy atom. The number of ether oxygens (including phenoxy) is 1. The Balaban J connectivity index is 1.31. The topological polar surface area (TPSA) is 132 Å². The van der Waals surface area contributed by atoms with Crippen molar-refractivity contribution in [2.24, 2.45) is 0 Å². The molecule has 4 aromatic rings. The summed E-state index contributed by atoms with van der Waals surface area (Å²) in [5.41, 5.74) is 1.70. The third kappa shape index (κ3) is 6.23. The fourth-order valence-corrected chi connectivity index (χ4v) is 4.59. The first-order chi connectivity index (χ1) is 19.4. The molecule has 11 nitrogen and oxygen atoms in total. The van der Waals surface area contributed by atoms with Crippen LogP contribution in [0.15, 0.2) is 54.9 Å². The molecule has 1 amide bonds. The lowest BCUT2D eigenvalue weighted by atomic mass is 10.1. The summed E-state index contributed by atoms with van der Waals surface area (Å²) in [7, 11) is 0. The molecule has 0 atom stereocenters. The Bertz CT molecular complexity index is 1600. The van der Waals surface area contributed by atoms with E-state index < -0.39 is 11.2 Å². The standard InChI is InChI=1S/C30H34N8O3/c1-29(2,3)41-28(39)37-15-13-36(14-16-37)22-11-9-21(10-12-22)33-27-32-18-23-20(17-31)19-38(26(23)35-27)25-8-6-7-24(34-25)30(4,5)40/h6-12,18-19,40H,13-16H2,1-5H3,(H,32,33,35). The van der Waals surface area contributed by atoms with Gasteiger partial charge in [-0.15, -0.1) is 0 Å². The predicted octanol–water partition coefficient (Wildman–Crippen LogP) is 4.72. The van der Waals surface area contributed by atoms with E-state index in [0.29, 0.717) is 60.2 Å². The number of amides is 1. The number of hydrogen-bond acceptors (Lipinski definition) is 9. The molecule has 0 unspecified atom stereocenters. The molecule has 1 saturated heterocycles. The average molecular weight is 555 g/mol. The molecule has 4 heterocycles. The molecular formula is C30H34N8O3. The Labute approximate surface area is 239 Å². The largest absolute Gasteiger partial charge is 0.444 e. The number of aliphatic hydroxyl groups is 1. The number of hydrogen-bond donors (Lipinski definition) is 2. The second-order valence-electron chi connectivity index (χ2n) is 11.5. The maximum absolute atomic E-state index is 12.4. The third-order valence-corrected chi connectivity index (χ3v) is 6.69. The van der Waals surface area contributed by atoms with Crippen LogP contribution < -0.4 is 10.2 Å². The Morgan fingerprint density at radius 2 is 1.73 bits per heavy atom. The van der Waals surface area contributed by atoms with Crippen LogP contribution in [0.4, 0.5) is 22.1 Å². The maximum Gasteiger partial charge on any atom is 0.410 e. The molecule has 1 fully saturated rings. The quantitative estimate of drug-likeness (QED) is 0.360. The highest BCUT2D eigenvalue weighted by atomic mass is 16.6. The fourth-order valence-electron chi connectivity index (χ4n) is 4.59. The van der Waals surface area contributed by atoms with Crippen molar-refractivity contribution in [2.45, 2.75) is 45.8 Å². The summed E-state index contributed by atoms with van der Waals surface area (Å²) in [6.45, 7) is 11.6. The van der Waals surface area contributed by atoms with Gasteiger partial charge in [0.2, 0.25) is 5.95 Å². The van der Waals surface area contributed by atoms with Gasteiger partial charge in [0.05, 0.1) is 16.6 Å². The number of piperazine rings is 1. The van der Waals surface area contributed by atoms with Crippen LogP contribution in [0.25, 0.3) is 16.9 Å². The van der Waals surface area contributed by atoms with Crippen LogP contribution in [0.2, 0.25) is 0 Å². The minimum Gasteiger partial charge on any atom is -0.444 e. The lowest BCUT2D eigenvalue weighted by Crippen LogP contribution is -2.50. The number of rotatable bonds is 5. The minimum absolute atomic E-state index is 0.276. The number of aromatic nitrogens is 4. The normalized spacial score (nSPS) is 14.2. The molecule has 0 aliphatic carbocycles. The number of nitrogens with zero attached hydrogens (tertiary/aromatic N) is 7. The van der Waals surface area contributed by atoms with Crippen molar-refractivity contribution >= 4 is 34.4 Å². The highest BCUT2D eigenvalue weighted by Crippen LogP contribution is 2.27. The molecule has 0 bridgehead atoms. The smallest absolute Gasteiger partial charge is 0.410 e. The van der Waals surface area contributed by atoms with E-state index in [4.69, 9.17) is 9.72 Å². The summed E-state index contributed by atoms with van der Waals surface area (Å²) < 4.78 is 7.23. The first kappa shape index (κ1) is 27.9. The molecule has 1 aliphatic heterocycles. The molecule has 41 heavy (non-hydrogen) atoms. The van der Waals surface area contributed by atoms with Crippen molar-refractivity contribution in [2.75, 3.05) is 36.4 Å². The number of pyridine rings is 1. The molecule has 5 rings (SSSR count). The van der Waals surface area contributed by atoms with Crippen LogP contribution in [0.1, 0.15) is 45.9 Å². The van der Waals surface area contributed by atoms with Crippen molar-refractivity contribution in [3.8, 4) is 11.9 Å². The van der Waals surface area contributed by atoms with Crippen molar-refractivity contribution in [3.05, 3.63) is 66.1 Å². The van der Waals surface area contributed by atoms with Gasteiger partial charge in [-0.3, -0.25) is 4.57 Å². The van der Waals surface area contributed by atoms with Crippen LogP contribution in [0.5, 0.6) is 0 Å². The molecule has 2 N–H and O–H groups in total. The lowest BCUT2D eigenvalue weighted by molar-refractivity contribution is 0.0240. The van der Waals surface area contributed by atoms with E-state index in [1.54, 1.807) is 47.8 Å². The zero-order valence-electron chi connectivity index (χ0n) is 23.9. The van der Waals surface area contributed by atoms with E-state index in [-0.39, 0.29) is 6.09 Å². The fraction of sp³-hybridized carbons (Fsp3) is 0.367. The van der Waals surface area contributed by atoms with Gasteiger partial charge in [-0.1, -0.05) is 6.07 Å². The van der Waals surface area contributed by atoms with Gasteiger partial charge in [0.25, 0.3) is 0 Å². The molecule has 11 heteroatoms. The maximum atomic E-state index is 12.4. The molecule has 3 aromatic heterocycles. The van der Waals surface area contributed by atoms with Crippen molar-refractivity contribution < 1.29 is 14.6 Å². The summed E-state index contributed by atoms with van der Waals surface area (Å²) >= 11 is 0. The second kappa shape index (κ2) is 10.7. The van der Waals surface area contributed by atoms with Gasteiger partial charge < -0.3 is 25.0 Å². The summed E-state index contributed by atoms with van der Waals surface area (Å²) in [6.07, 6.45) is 3.03. The molecule has 0 radical (unpaired) electrons. The molecule has 1 aliphatic rings. The number of anilines is 3. The van der Waals surface area contributed by atoms with Crippen LogP contribution in [-0.4, -0.2) is 67.4 Å². The van der Waals surface area contributed by atoms with Gasteiger partial charge in [0.1, 0.15) is 23.1 Å². The molecule has 0 saturated carbocycles. The van der Waals surface area contributed by atoms with Gasteiger partial charge >= 0.3 is 6.09 Å². The van der Waals surface area contributed by atoms with Crippen LogP contribution in [0, 0.1) is 11.3 Å². The van der Waals surface area contributed by atoms with Crippen molar-refractivity contribution in [1.82, 2.24) is 24.4 Å². The van der Waals surface area contributed by atoms with E-state index in [2.05, 4.69) is 26.3 Å². The number of nitriles is 1. The van der Waals surface area contributed by atoms with E-state index in [0.717, 1.165) is 11.4 Å². The SMILES string of the molecule is CC(C)(C)OC(=O)N1CCN(c2ccc(Nc3ncc4c(C#N)cn(-c5cccc(C(C)(C)O)n5)c4n3)cc2)CC1. The van der Waals surface area contributed by atoms with Gasteiger partial charge in [0.15, 0.2) is 5.65 Å². The van der Waals surface area contributed by atoms with E-state index in [1.807, 2.05) is 51.1 Å². The molecule has 1 aromatic carbocycles. The molecule has 212 valence electrons. The van der Waals surface area contributed by atoms with Gasteiger partial charge in [-0.05, 0) is 71.0 Å². The summed E-state index contributed by atoms with van der Waals surface area (Å²) in [4.78, 5) is 30.1. The monoisotopic (exact) mass is 554 g/mol. The number of benzene rings is 1. The number of nitrogens with one attached hydrogen (secondary N) is 1. The Kier molecular flexibility index (Phi) is 7.28. The van der Waals surface area contributed by atoms with Crippen LogP contribution >= 0.6 is 0 Å². The van der Waals surface area contributed by atoms with Gasteiger partial charge in [-0.2, -0.15) is 10.2 Å². The first-order valence-electron chi connectivity index (χ1n) is 13.5. The third-order valence-electron chi connectivity index (χ3n) is 6.69. The summed E-state index contributed by atoms with van der Waals surface area (Å²) in [6, 6.07) is 15.5. The minimum atomic E-state index is -1.11. The van der Waals surface area contributed by atoms with Crippen molar-refractivity contribution in [3.63, 3.8) is 0 Å². The highest BCUT2D eigenvalue weighted by Gasteiger charge is 2.26. The number of carbonyl (C=O) groups is 1. The van der Waals surface area contributed by atoms with Crippen LogP contribution in [-0.2, 0) is 10.3 Å². The zero-order valence-corrected chi connectivity index (χ0v) is 23.9. The lowest BCUT2D eigenvalue weighted by Gasteiger charge is -2.36. The average Bonchev–Trinajstić information content (AvgIpc) is 3.30. The Hall–Kier alpha value is -4.69. The van der Waals surface area contributed by atoms with E-state index in [9.17, 15) is 15.2 Å². The number of carbonyl (C=O) groups excluding carboxylic acids is 1. The first-order valence-corrected chi connectivity index (χ1v) is 13.5. The van der Waals surface area contributed by atoms with Crippen LogP contribution in [0.3, 0.4) is 0 Å². The predicted molar refractivity (Wildman–Crippen MR) is 156 cm³/mol. The Morgan fingerprint density at radius 1 is 1.02 bits per heavy atom. The van der Waals surface area contributed by atoms with Gasteiger partial charge in [-0.25, -0.2) is 14.8 Å². The summed E-state index contributed by atoms with van der Waals surface area (Å²) in [5, 5.41) is 24.0.